The van der Waals surface area contributed by atoms with Crippen molar-refractivity contribution in [3.63, 3.8) is 0 Å². The van der Waals surface area contributed by atoms with E-state index in [1.807, 2.05) is 0 Å². The monoisotopic (exact) mass is 122 g/mol. The second-order valence-electron chi connectivity index (χ2n) is 1.63. The van der Waals surface area contributed by atoms with E-state index in [0.29, 0.717) is 0 Å². The summed E-state index contributed by atoms with van der Waals surface area (Å²) in [7, 11) is 0. The van der Waals surface area contributed by atoms with E-state index in [1.165, 1.54) is 0 Å². The van der Waals surface area contributed by atoms with Gasteiger partial charge in [0.1, 0.15) is 0 Å². The number of rotatable bonds is 2. The van der Waals surface area contributed by atoms with Gasteiger partial charge in [0.15, 0.2) is 18.1 Å². The second-order valence-corrected chi connectivity index (χ2v) is 1.63. The van der Waals surface area contributed by atoms with E-state index in [0.717, 1.165) is 13.8 Å². The number of Topliss-reactive ketones (excluding diaryl/α,β-unsaturated/α-hetero) is 1. The average molecular weight is 122 g/mol. The van der Waals surface area contributed by atoms with Crippen molar-refractivity contribution in [3.8, 4) is 0 Å². The Morgan fingerprint density at radius 1 is 1.25 bits per heavy atom. The van der Waals surface area contributed by atoms with Crippen LogP contribution in [0.5, 0.6) is 0 Å². The molecule has 8 heavy (non-hydrogen) atoms. The molecular formula is C5H8F2O. The highest BCUT2D eigenvalue weighted by Gasteiger charge is 2.17. The average Bonchev–Trinajstić information content (AvgIpc) is 1.64. The molecule has 0 aromatic carbocycles. The van der Waals surface area contributed by atoms with Crippen LogP contribution in [0.1, 0.15) is 13.8 Å². The van der Waals surface area contributed by atoms with Gasteiger partial charge < -0.3 is 0 Å². The molecule has 48 valence electrons. The van der Waals surface area contributed by atoms with Gasteiger partial charge in [0.05, 0.1) is 0 Å². The van der Waals surface area contributed by atoms with Gasteiger partial charge in [-0.25, -0.2) is 8.78 Å². The third-order valence-corrected chi connectivity index (χ3v) is 0.784. The van der Waals surface area contributed by atoms with Gasteiger partial charge >= 0.3 is 0 Å². The van der Waals surface area contributed by atoms with Crippen LogP contribution in [0.2, 0.25) is 0 Å². The summed E-state index contributed by atoms with van der Waals surface area (Å²) in [6.07, 6.45) is -3.34. The summed E-state index contributed by atoms with van der Waals surface area (Å²) in [5.41, 5.74) is 0. The van der Waals surface area contributed by atoms with Crippen molar-refractivity contribution in [2.24, 2.45) is 0 Å². The van der Waals surface area contributed by atoms with Crippen LogP contribution in [0, 0.1) is 0 Å². The Morgan fingerprint density at radius 2 is 1.50 bits per heavy atom. The van der Waals surface area contributed by atoms with Gasteiger partial charge in [-0.3, -0.25) is 4.79 Å². The molecule has 0 aromatic heterocycles. The van der Waals surface area contributed by atoms with Crippen molar-refractivity contribution in [2.45, 2.75) is 26.2 Å². The van der Waals surface area contributed by atoms with Gasteiger partial charge in [-0.05, 0) is 13.8 Å². The van der Waals surface area contributed by atoms with Crippen molar-refractivity contribution in [3.05, 3.63) is 0 Å². The van der Waals surface area contributed by atoms with Gasteiger partial charge in [0.2, 0.25) is 0 Å². The standard InChI is InChI=1S/C5H8F2O/c1-3(6)5(8)4(2)7/h3-4H,1-2H3. The number of alkyl halides is 2. The predicted molar refractivity (Wildman–Crippen MR) is 26.1 cm³/mol. The van der Waals surface area contributed by atoms with Gasteiger partial charge in [-0.15, -0.1) is 0 Å². The summed E-state index contributed by atoms with van der Waals surface area (Å²) in [6.45, 7) is 2.05. The van der Waals surface area contributed by atoms with Crippen molar-refractivity contribution in [1.82, 2.24) is 0 Å². The molecule has 0 aliphatic rings. The lowest BCUT2D eigenvalue weighted by Gasteiger charge is -1.98. The molecule has 2 atom stereocenters. The van der Waals surface area contributed by atoms with Crippen molar-refractivity contribution < 1.29 is 13.6 Å². The highest BCUT2D eigenvalue weighted by Crippen LogP contribution is 1.98. The summed E-state index contributed by atoms with van der Waals surface area (Å²) in [6, 6.07) is 0. The van der Waals surface area contributed by atoms with Gasteiger partial charge in [0, 0.05) is 0 Å². The Kier molecular flexibility index (Phi) is 2.58. The number of ketones is 1. The van der Waals surface area contributed by atoms with Crippen LogP contribution in [0.4, 0.5) is 8.78 Å². The Balaban J connectivity index is 3.65. The van der Waals surface area contributed by atoms with Crippen LogP contribution < -0.4 is 0 Å². The first-order chi connectivity index (χ1) is 3.55. The maximum atomic E-state index is 11.8. The van der Waals surface area contributed by atoms with Crippen LogP contribution in [-0.4, -0.2) is 18.1 Å². The fraction of sp³-hybridized carbons (Fsp3) is 0.800. The van der Waals surface area contributed by atoms with Crippen molar-refractivity contribution in [1.29, 1.82) is 0 Å². The van der Waals surface area contributed by atoms with Crippen LogP contribution in [-0.2, 0) is 4.79 Å². The fourth-order valence-electron chi connectivity index (χ4n) is 0.316. The molecule has 0 saturated heterocycles. The number of hydrogen-bond donors (Lipinski definition) is 0. The fourth-order valence-corrected chi connectivity index (χ4v) is 0.316. The summed E-state index contributed by atoms with van der Waals surface area (Å²) < 4.78 is 23.5. The van der Waals surface area contributed by atoms with Crippen LogP contribution >= 0.6 is 0 Å². The summed E-state index contributed by atoms with van der Waals surface area (Å²) >= 11 is 0. The lowest BCUT2D eigenvalue weighted by molar-refractivity contribution is -0.127. The largest absolute Gasteiger partial charge is 0.293 e. The molecule has 2 unspecified atom stereocenters. The normalized spacial score (nSPS) is 17.5. The van der Waals surface area contributed by atoms with Crippen molar-refractivity contribution >= 4 is 5.78 Å². The minimum absolute atomic E-state index is 0.981. The highest BCUT2D eigenvalue weighted by molar-refractivity contribution is 5.86. The molecule has 3 heteroatoms. The lowest BCUT2D eigenvalue weighted by atomic mass is 10.2. The molecule has 0 aromatic rings. The topological polar surface area (TPSA) is 17.1 Å². The molecule has 0 fully saturated rings. The zero-order valence-corrected chi connectivity index (χ0v) is 4.82. The van der Waals surface area contributed by atoms with E-state index in [2.05, 4.69) is 0 Å². The zero-order chi connectivity index (χ0) is 6.73. The molecule has 0 radical (unpaired) electrons. The molecule has 0 spiro atoms. The molecule has 0 bridgehead atoms. The highest BCUT2D eigenvalue weighted by atomic mass is 19.1. The van der Waals surface area contributed by atoms with Crippen LogP contribution in [0.25, 0.3) is 0 Å². The van der Waals surface area contributed by atoms with Crippen LogP contribution in [0.3, 0.4) is 0 Å². The van der Waals surface area contributed by atoms with E-state index in [-0.39, 0.29) is 0 Å². The minimum Gasteiger partial charge on any atom is -0.293 e. The number of carbonyl (C=O) groups is 1. The van der Waals surface area contributed by atoms with E-state index in [4.69, 9.17) is 0 Å². The molecule has 0 N–H and O–H groups in total. The maximum absolute atomic E-state index is 11.8. The summed E-state index contributed by atoms with van der Waals surface area (Å²) in [5.74, 6) is -0.981. The Morgan fingerprint density at radius 3 is 1.50 bits per heavy atom. The number of halogens is 2. The van der Waals surface area contributed by atoms with E-state index in [9.17, 15) is 13.6 Å². The predicted octanol–water partition coefficient (Wildman–Crippen LogP) is 1.27. The molecule has 0 heterocycles. The second kappa shape index (κ2) is 2.74. The zero-order valence-electron chi connectivity index (χ0n) is 4.82. The SMILES string of the molecule is CC(F)C(=O)C(C)F. The third kappa shape index (κ3) is 2.00. The third-order valence-electron chi connectivity index (χ3n) is 0.784. The molecule has 0 aliphatic carbocycles. The van der Waals surface area contributed by atoms with Crippen molar-refractivity contribution in [2.75, 3.05) is 0 Å². The first kappa shape index (κ1) is 7.53. The molecular weight excluding hydrogens is 114 g/mol. The first-order valence-electron chi connectivity index (χ1n) is 2.37. The van der Waals surface area contributed by atoms with E-state index >= 15 is 0 Å². The molecule has 1 nitrogen and oxygen atoms in total. The Labute approximate surface area is 46.7 Å². The molecule has 0 aliphatic heterocycles. The van der Waals surface area contributed by atoms with Gasteiger partial charge in [-0.1, -0.05) is 0 Å². The molecule has 0 saturated carbocycles. The summed E-state index contributed by atoms with van der Waals surface area (Å²) in [5, 5.41) is 0. The molecule has 0 rings (SSSR count). The van der Waals surface area contributed by atoms with Gasteiger partial charge in [0.25, 0.3) is 0 Å². The quantitative estimate of drug-likeness (QED) is 0.539. The number of carbonyl (C=O) groups excluding carboxylic acids is 1. The van der Waals surface area contributed by atoms with E-state index < -0.39 is 18.1 Å². The van der Waals surface area contributed by atoms with E-state index in [1.54, 1.807) is 0 Å². The first-order valence-corrected chi connectivity index (χ1v) is 2.37. The Bertz CT molecular complexity index is 78.4. The Hall–Kier alpha value is -0.470. The minimum atomic E-state index is -1.67. The lowest BCUT2D eigenvalue weighted by Crippen LogP contribution is -2.20. The smallest absolute Gasteiger partial charge is 0.200 e. The maximum Gasteiger partial charge on any atom is 0.200 e. The van der Waals surface area contributed by atoms with Crippen LogP contribution in [0.15, 0.2) is 0 Å². The van der Waals surface area contributed by atoms with Gasteiger partial charge in [-0.2, -0.15) is 0 Å². The molecule has 0 amide bonds. The number of hydrogen-bond acceptors (Lipinski definition) is 1. The summed E-state index contributed by atoms with van der Waals surface area (Å²) in [4.78, 5) is 10.1.